The second-order valence-corrected chi connectivity index (χ2v) is 20.4. The number of carbonyl (C=O) groups excluding carboxylic acids is 1. The van der Waals surface area contributed by atoms with E-state index in [1.54, 1.807) is 0 Å². The van der Waals surface area contributed by atoms with Crippen LogP contribution in [0.5, 0.6) is 0 Å². The van der Waals surface area contributed by atoms with Crippen molar-refractivity contribution in [2.45, 2.75) is 277 Å². The molecule has 0 saturated heterocycles. The summed E-state index contributed by atoms with van der Waals surface area (Å²) in [6.45, 7) is 8.80. The summed E-state index contributed by atoms with van der Waals surface area (Å²) in [5.74, 6) is 1.59. The molecular weight excluding hydrogens is 805 g/mol. The molecule has 0 radical (unpaired) electrons. The van der Waals surface area contributed by atoms with Crippen LogP contribution in [0.4, 0.5) is 0 Å². The fourth-order valence-electron chi connectivity index (χ4n) is 9.05. The molecule has 63 heavy (non-hydrogen) atoms. The summed E-state index contributed by atoms with van der Waals surface area (Å²) in [6.07, 6.45) is 55.0. The van der Waals surface area contributed by atoms with Crippen molar-refractivity contribution in [2.24, 2.45) is 4.99 Å². The molecule has 1 rings (SSSR count). The van der Waals surface area contributed by atoms with Gasteiger partial charge < -0.3 is 9.45 Å². The monoisotopic (exact) mass is 909 g/mol. The van der Waals surface area contributed by atoms with E-state index in [1.165, 1.54) is 237 Å². The molecule has 0 spiro atoms. The Bertz CT molecular complexity index is 1190. The van der Waals surface area contributed by atoms with Gasteiger partial charge in [-0.25, -0.2) is 13.4 Å². The predicted molar refractivity (Wildman–Crippen MR) is 268 cm³/mol. The van der Waals surface area contributed by atoms with Gasteiger partial charge in [0.25, 0.3) is 0 Å². The van der Waals surface area contributed by atoms with Crippen LogP contribution in [0.3, 0.4) is 0 Å². The molecule has 0 aliphatic carbocycles. The summed E-state index contributed by atoms with van der Waals surface area (Å²) in [5, 5.41) is 9.29. The number of rotatable bonds is 46. The molecular formula is C53H104N4O5S. The number of aliphatic imine (C=N–C) groups is 1. The first kappa shape index (κ1) is 61.5. The number of carbonyl (C=O) groups is 1. The highest BCUT2D eigenvalue weighted by molar-refractivity contribution is 7.80. The lowest BCUT2D eigenvalue weighted by Gasteiger charge is -2.33. The van der Waals surface area contributed by atoms with Crippen molar-refractivity contribution >= 4 is 22.1 Å². The second kappa shape index (κ2) is 45.6. The van der Waals surface area contributed by atoms with Gasteiger partial charge in [0.05, 0.1) is 39.7 Å². The second-order valence-electron chi connectivity index (χ2n) is 19.2. The Morgan fingerprint density at radius 2 is 0.921 bits per heavy atom. The van der Waals surface area contributed by atoms with Crippen molar-refractivity contribution in [2.75, 3.05) is 46.9 Å². The number of quaternary nitrogens is 1. The van der Waals surface area contributed by atoms with Crippen LogP contribution in [0.25, 0.3) is 0 Å². The number of likely N-dealkylation sites (N-methyl/N-ethyl adjacent to an activating group) is 1. The van der Waals surface area contributed by atoms with Crippen LogP contribution in [0.1, 0.15) is 277 Å². The van der Waals surface area contributed by atoms with Crippen molar-refractivity contribution in [1.29, 1.82) is 5.26 Å². The molecule has 10 heteroatoms. The van der Waals surface area contributed by atoms with Crippen LogP contribution in [0.2, 0.25) is 0 Å². The van der Waals surface area contributed by atoms with Crippen molar-refractivity contribution < 1.29 is 26.4 Å². The molecule has 0 aromatic rings. The highest BCUT2D eigenvalue weighted by Gasteiger charge is 2.33. The summed E-state index contributed by atoms with van der Waals surface area (Å²) in [4.78, 5) is 20.2. The minimum absolute atomic E-state index is 0.250. The molecule has 1 aliphatic rings. The Kier molecular flexibility index (Phi) is 44.5. The molecule has 0 bridgehead atoms. The highest BCUT2D eigenvalue weighted by atomic mass is 32.3. The molecule has 0 saturated carbocycles. The average molecular weight is 910 g/mol. The fourth-order valence-corrected chi connectivity index (χ4v) is 9.05. The summed E-state index contributed by atoms with van der Waals surface area (Å²) in [5.41, 5.74) is 0. The minimum atomic E-state index is -4.41. The maximum Gasteiger partial charge on any atom is 0.222 e. The quantitative estimate of drug-likeness (QED) is 0.0259. The molecule has 1 amide bonds. The molecule has 1 heterocycles. The van der Waals surface area contributed by atoms with Gasteiger partial charge in [-0.05, 0) is 12.8 Å². The number of amides is 1. The number of unbranched alkanes of at least 4 members (excludes halogenated alkanes) is 36. The van der Waals surface area contributed by atoms with E-state index in [4.69, 9.17) is 4.99 Å². The molecule has 0 aromatic heterocycles. The topological polar surface area (TPSA) is 123 Å². The maximum absolute atomic E-state index is 13.3. The minimum Gasteiger partial charge on any atom is -0.726 e. The van der Waals surface area contributed by atoms with Crippen molar-refractivity contribution in [3.8, 4) is 6.07 Å². The zero-order chi connectivity index (χ0) is 46.4. The molecule has 0 N–H and O–H groups in total. The molecule has 1 aliphatic heterocycles. The van der Waals surface area contributed by atoms with Gasteiger partial charge in [-0.1, -0.05) is 245 Å². The lowest BCUT2D eigenvalue weighted by Crippen LogP contribution is -2.52. The normalized spacial score (nSPS) is 15.0. The number of hydrogen-bond acceptors (Lipinski definition) is 7. The first-order valence-electron chi connectivity index (χ1n) is 27.2. The zero-order valence-corrected chi connectivity index (χ0v) is 43.1. The Morgan fingerprint density at radius 1 is 0.603 bits per heavy atom. The zero-order valence-electron chi connectivity index (χ0n) is 42.3. The van der Waals surface area contributed by atoms with Gasteiger partial charge >= 0.3 is 0 Å². The standard InChI is InChI=1S/C52H101N4O.CH4O4S/c1-4-6-8-10-12-14-16-18-20-22-24-26-28-30-32-34-36-38-40-43-51-54-46-49-56(51,3)50-48-55(47-42-45-53)52(57)44-41-39-37-35-33-31-29-27-25-23-21-19-17-15-13-11-9-7-5-2;1-5-6(2,3)4/h4-44,46-50H2,1-3H3;1H3,(H,2,3,4)/q+1;/p-1. The number of nitrogens with zero attached hydrogens (tertiary/aromatic N) is 4. The van der Waals surface area contributed by atoms with E-state index in [-0.39, 0.29) is 5.91 Å². The third-order valence-electron chi connectivity index (χ3n) is 13.4. The molecule has 0 fully saturated rings. The molecule has 0 aromatic carbocycles. The first-order chi connectivity index (χ1) is 30.6. The summed E-state index contributed by atoms with van der Waals surface area (Å²) < 4.78 is 31.9. The Morgan fingerprint density at radius 3 is 1.24 bits per heavy atom. The third-order valence-corrected chi connectivity index (χ3v) is 13.8. The Labute approximate surface area is 392 Å². The van der Waals surface area contributed by atoms with E-state index in [0.717, 1.165) is 57.0 Å². The first-order valence-corrected chi connectivity index (χ1v) is 28.5. The van der Waals surface area contributed by atoms with Gasteiger partial charge in [0.1, 0.15) is 13.1 Å². The van der Waals surface area contributed by atoms with Crippen LogP contribution >= 0.6 is 0 Å². The fraction of sp³-hybridized carbons (Fsp3) is 0.943. The third kappa shape index (κ3) is 41.6. The van der Waals surface area contributed by atoms with Gasteiger partial charge in [0.2, 0.25) is 16.3 Å². The van der Waals surface area contributed by atoms with E-state index in [2.05, 4.69) is 31.1 Å². The van der Waals surface area contributed by atoms with Crippen LogP contribution in [0, 0.1) is 11.3 Å². The van der Waals surface area contributed by atoms with Crippen molar-refractivity contribution in [1.82, 2.24) is 4.90 Å². The molecule has 1 atom stereocenters. The Hall–Kier alpha value is -1.54. The Balaban J connectivity index is 0.00000594. The average Bonchev–Trinajstić information content (AvgIpc) is 3.64. The van der Waals surface area contributed by atoms with Crippen LogP contribution < -0.4 is 0 Å². The lowest BCUT2D eigenvalue weighted by atomic mass is 10.0. The van der Waals surface area contributed by atoms with Gasteiger partial charge in [-0.2, -0.15) is 5.26 Å². The summed E-state index contributed by atoms with van der Waals surface area (Å²) in [7, 11) is -1.28. The summed E-state index contributed by atoms with van der Waals surface area (Å²) in [6, 6.07) is 2.28. The van der Waals surface area contributed by atoms with E-state index in [9.17, 15) is 23.0 Å². The van der Waals surface area contributed by atoms with Crippen molar-refractivity contribution in [3.05, 3.63) is 0 Å². The molecule has 1 unspecified atom stereocenters. The maximum atomic E-state index is 13.3. The van der Waals surface area contributed by atoms with Crippen molar-refractivity contribution in [3.63, 3.8) is 0 Å². The highest BCUT2D eigenvalue weighted by Crippen LogP contribution is 2.20. The van der Waals surface area contributed by atoms with Crippen LogP contribution in [0.15, 0.2) is 4.99 Å². The molecule has 372 valence electrons. The van der Waals surface area contributed by atoms with Gasteiger partial charge in [0.15, 0.2) is 5.84 Å². The van der Waals surface area contributed by atoms with E-state index < -0.39 is 10.4 Å². The number of nitriles is 1. The smallest absolute Gasteiger partial charge is 0.222 e. The predicted octanol–water partition coefficient (Wildman–Crippen LogP) is 15.3. The number of amidine groups is 1. The largest absolute Gasteiger partial charge is 0.726 e. The van der Waals surface area contributed by atoms with E-state index in [1.807, 2.05) is 4.90 Å². The van der Waals surface area contributed by atoms with Crippen LogP contribution in [-0.2, 0) is 19.4 Å². The van der Waals surface area contributed by atoms with E-state index >= 15 is 0 Å². The van der Waals surface area contributed by atoms with Crippen LogP contribution in [-0.4, -0.2) is 81.0 Å². The SMILES string of the molecule is CCCCCCCCCCCCCCCCCCCCCC(=O)N(CCC#N)CC[N+]1(C)CCN=C1CCCCCCCCCCCCCCCCCCCCC.COS(=O)(=O)[O-]. The summed E-state index contributed by atoms with van der Waals surface area (Å²) >= 11 is 0. The van der Waals surface area contributed by atoms with Gasteiger partial charge in [-0.3, -0.25) is 13.5 Å². The number of hydrogen-bond donors (Lipinski definition) is 0. The van der Waals surface area contributed by atoms with Gasteiger partial charge in [0, 0.05) is 19.4 Å². The lowest BCUT2D eigenvalue weighted by molar-refractivity contribution is -0.814. The van der Waals surface area contributed by atoms with Gasteiger partial charge in [-0.15, -0.1) is 0 Å². The molecule has 9 nitrogen and oxygen atoms in total. The van der Waals surface area contributed by atoms with E-state index in [0.29, 0.717) is 19.4 Å².